The Balaban J connectivity index is 1.56. The molecule has 2 bridgehead atoms. The maximum Gasteiger partial charge on any atom is 0.407 e. The van der Waals surface area contributed by atoms with E-state index in [2.05, 4.69) is 10.2 Å². The van der Waals surface area contributed by atoms with Crippen LogP contribution in [-0.2, 0) is 11.3 Å². The van der Waals surface area contributed by atoms with E-state index in [0.717, 1.165) is 24.9 Å². The fourth-order valence-corrected chi connectivity index (χ4v) is 3.93. The molecule has 2 atom stereocenters. The predicted octanol–water partition coefficient (Wildman–Crippen LogP) is 3.85. The third-order valence-corrected chi connectivity index (χ3v) is 4.88. The monoisotopic (exact) mass is 334 g/mol. The number of nitrogens with zero attached hydrogens (tertiary/aromatic N) is 1. The van der Waals surface area contributed by atoms with Crippen molar-refractivity contribution in [3.05, 3.63) is 35.6 Å². The highest BCUT2D eigenvalue weighted by atomic mass is 19.1. The van der Waals surface area contributed by atoms with E-state index in [1.165, 1.54) is 25.0 Å². The molecule has 0 aliphatic carbocycles. The molecule has 2 aliphatic rings. The van der Waals surface area contributed by atoms with Gasteiger partial charge in [0.05, 0.1) is 0 Å². The van der Waals surface area contributed by atoms with Crippen LogP contribution >= 0.6 is 0 Å². The lowest BCUT2D eigenvalue weighted by Crippen LogP contribution is -2.50. The van der Waals surface area contributed by atoms with Crippen molar-refractivity contribution in [3.63, 3.8) is 0 Å². The largest absolute Gasteiger partial charge is 0.444 e. The number of carbonyl (C=O) groups is 1. The molecule has 1 N–H and O–H groups in total. The van der Waals surface area contributed by atoms with Gasteiger partial charge < -0.3 is 10.1 Å². The van der Waals surface area contributed by atoms with Gasteiger partial charge in [-0.3, -0.25) is 4.90 Å². The Labute approximate surface area is 143 Å². The summed E-state index contributed by atoms with van der Waals surface area (Å²) in [4.78, 5) is 14.5. The number of piperidine rings is 1. The molecule has 2 aliphatic heterocycles. The average Bonchev–Trinajstić information content (AvgIpc) is 2.70. The first-order valence-corrected chi connectivity index (χ1v) is 8.80. The molecule has 2 heterocycles. The minimum Gasteiger partial charge on any atom is -0.444 e. The van der Waals surface area contributed by atoms with Crippen LogP contribution in [0.3, 0.4) is 0 Å². The number of ether oxygens (including phenoxy) is 1. The molecule has 4 nitrogen and oxygen atoms in total. The van der Waals surface area contributed by atoms with E-state index in [1.807, 2.05) is 32.9 Å². The third-order valence-electron chi connectivity index (χ3n) is 4.88. The van der Waals surface area contributed by atoms with Crippen LogP contribution in [0.25, 0.3) is 0 Å². The molecule has 24 heavy (non-hydrogen) atoms. The maximum absolute atomic E-state index is 13.1. The van der Waals surface area contributed by atoms with Gasteiger partial charge in [0, 0.05) is 24.7 Å². The van der Waals surface area contributed by atoms with Gasteiger partial charge in [0.15, 0.2) is 0 Å². The van der Waals surface area contributed by atoms with Crippen LogP contribution in [0.5, 0.6) is 0 Å². The molecule has 5 heteroatoms. The molecule has 1 aromatic carbocycles. The zero-order chi connectivity index (χ0) is 17.3. The smallest absolute Gasteiger partial charge is 0.407 e. The van der Waals surface area contributed by atoms with Crippen molar-refractivity contribution >= 4 is 6.09 Å². The van der Waals surface area contributed by atoms with Gasteiger partial charge in [-0.2, -0.15) is 0 Å². The van der Waals surface area contributed by atoms with E-state index >= 15 is 0 Å². The van der Waals surface area contributed by atoms with Gasteiger partial charge in [-0.15, -0.1) is 0 Å². The molecule has 132 valence electrons. The summed E-state index contributed by atoms with van der Waals surface area (Å²) >= 11 is 0. The molecular weight excluding hydrogens is 307 g/mol. The van der Waals surface area contributed by atoms with Gasteiger partial charge >= 0.3 is 6.09 Å². The standard InChI is InChI=1S/C19H27FN2O2/c1-19(2,3)24-18(23)21-15-10-16-8-9-17(11-15)22(16)12-13-4-6-14(20)7-5-13/h4-7,15-17H,8-12H2,1-3H3,(H,21,23). The average molecular weight is 334 g/mol. The number of alkyl carbamates (subject to hydrolysis) is 1. The fraction of sp³-hybridized carbons (Fsp3) is 0.632. The number of nitrogens with one attached hydrogen (secondary N) is 1. The number of fused-ring (bicyclic) bond motifs is 2. The highest BCUT2D eigenvalue weighted by Gasteiger charge is 2.41. The second-order valence-electron chi connectivity index (χ2n) is 8.00. The van der Waals surface area contributed by atoms with E-state index in [4.69, 9.17) is 4.74 Å². The number of rotatable bonds is 3. The number of benzene rings is 1. The van der Waals surface area contributed by atoms with E-state index in [0.29, 0.717) is 12.1 Å². The van der Waals surface area contributed by atoms with Crippen LogP contribution in [0.1, 0.15) is 52.0 Å². The Morgan fingerprint density at radius 2 is 1.79 bits per heavy atom. The van der Waals surface area contributed by atoms with Crippen molar-refractivity contribution in [2.24, 2.45) is 0 Å². The van der Waals surface area contributed by atoms with Crippen LogP contribution < -0.4 is 5.32 Å². The Hall–Kier alpha value is -1.62. The van der Waals surface area contributed by atoms with Gasteiger partial charge in [-0.05, 0) is 64.2 Å². The third kappa shape index (κ3) is 4.26. The van der Waals surface area contributed by atoms with Crippen molar-refractivity contribution in [2.45, 2.75) is 76.7 Å². The summed E-state index contributed by atoms with van der Waals surface area (Å²) in [5.41, 5.74) is 0.679. The number of hydrogen-bond acceptors (Lipinski definition) is 3. The fourth-order valence-electron chi connectivity index (χ4n) is 3.93. The van der Waals surface area contributed by atoms with Gasteiger partial charge in [0.1, 0.15) is 11.4 Å². The summed E-state index contributed by atoms with van der Waals surface area (Å²) in [5.74, 6) is -0.193. The second-order valence-corrected chi connectivity index (χ2v) is 8.00. The molecule has 0 radical (unpaired) electrons. The van der Waals surface area contributed by atoms with Crippen molar-refractivity contribution in [1.82, 2.24) is 10.2 Å². The highest BCUT2D eigenvalue weighted by molar-refractivity contribution is 5.68. The summed E-state index contributed by atoms with van der Waals surface area (Å²) in [6, 6.07) is 7.91. The number of carbonyl (C=O) groups excluding carboxylic acids is 1. The van der Waals surface area contributed by atoms with E-state index in [1.54, 1.807) is 0 Å². The van der Waals surface area contributed by atoms with Crippen LogP contribution in [0.4, 0.5) is 9.18 Å². The quantitative estimate of drug-likeness (QED) is 0.913. The normalized spacial score (nSPS) is 27.1. The van der Waals surface area contributed by atoms with Crippen LogP contribution in [0.15, 0.2) is 24.3 Å². The zero-order valence-electron chi connectivity index (χ0n) is 14.7. The zero-order valence-corrected chi connectivity index (χ0v) is 14.7. The summed E-state index contributed by atoms with van der Waals surface area (Å²) in [6.07, 6.45) is 3.92. The lowest BCUT2D eigenvalue weighted by molar-refractivity contribution is 0.0436. The van der Waals surface area contributed by atoms with E-state index < -0.39 is 5.60 Å². The van der Waals surface area contributed by atoms with Crippen LogP contribution in [0.2, 0.25) is 0 Å². The van der Waals surface area contributed by atoms with Crippen molar-refractivity contribution < 1.29 is 13.9 Å². The van der Waals surface area contributed by atoms with E-state index in [9.17, 15) is 9.18 Å². The number of hydrogen-bond donors (Lipinski definition) is 1. The summed E-state index contributed by atoms with van der Waals surface area (Å²) in [6.45, 7) is 6.49. The molecule has 0 spiro atoms. The Kier molecular flexibility index (Phi) is 4.81. The SMILES string of the molecule is CC(C)(C)OC(=O)NC1CC2CCC(C1)N2Cc1ccc(F)cc1. The second kappa shape index (κ2) is 6.71. The lowest BCUT2D eigenvalue weighted by atomic mass is 9.96. The first-order valence-electron chi connectivity index (χ1n) is 8.80. The number of halogens is 1. The molecule has 1 aromatic rings. The van der Waals surface area contributed by atoms with Gasteiger partial charge in [-0.1, -0.05) is 12.1 Å². The minimum absolute atomic E-state index is 0.182. The first-order chi connectivity index (χ1) is 11.3. The van der Waals surface area contributed by atoms with Gasteiger partial charge in [-0.25, -0.2) is 9.18 Å². The molecule has 0 saturated carbocycles. The Morgan fingerprint density at radius 3 is 2.33 bits per heavy atom. The molecule has 3 rings (SSSR count). The maximum atomic E-state index is 13.1. The van der Waals surface area contributed by atoms with Gasteiger partial charge in [0.2, 0.25) is 0 Å². The summed E-state index contributed by atoms with van der Waals surface area (Å²) in [7, 11) is 0. The molecule has 2 unspecified atom stereocenters. The first kappa shape index (κ1) is 17.2. The summed E-state index contributed by atoms with van der Waals surface area (Å²) < 4.78 is 18.4. The van der Waals surface area contributed by atoms with Gasteiger partial charge in [0.25, 0.3) is 0 Å². The summed E-state index contributed by atoms with van der Waals surface area (Å²) in [5, 5.41) is 3.03. The minimum atomic E-state index is -0.466. The van der Waals surface area contributed by atoms with Crippen molar-refractivity contribution in [3.8, 4) is 0 Å². The Bertz CT molecular complexity index is 568. The van der Waals surface area contributed by atoms with Crippen molar-refractivity contribution in [1.29, 1.82) is 0 Å². The van der Waals surface area contributed by atoms with Crippen molar-refractivity contribution in [2.75, 3.05) is 0 Å². The molecule has 1 amide bonds. The molecule has 2 fully saturated rings. The Morgan fingerprint density at radius 1 is 1.21 bits per heavy atom. The lowest BCUT2D eigenvalue weighted by Gasteiger charge is -2.39. The van der Waals surface area contributed by atoms with Crippen LogP contribution in [-0.4, -0.2) is 34.7 Å². The molecule has 0 aromatic heterocycles. The molecular formula is C19H27FN2O2. The number of amides is 1. The predicted molar refractivity (Wildman–Crippen MR) is 91.1 cm³/mol. The van der Waals surface area contributed by atoms with E-state index in [-0.39, 0.29) is 18.0 Å². The van der Waals surface area contributed by atoms with Crippen LogP contribution in [0, 0.1) is 5.82 Å². The highest BCUT2D eigenvalue weighted by Crippen LogP contribution is 2.37. The topological polar surface area (TPSA) is 41.6 Å². The molecule has 2 saturated heterocycles.